The van der Waals surface area contributed by atoms with E-state index in [9.17, 15) is 0 Å². The summed E-state index contributed by atoms with van der Waals surface area (Å²) in [6.07, 6.45) is 3.68. The van der Waals surface area contributed by atoms with E-state index in [-0.39, 0.29) is 0 Å². The van der Waals surface area contributed by atoms with Crippen LogP contribution < -0.4 is 10.2 Å². The SMILES string of the molecule is CCNC1CCCc2nc(N(CC)C(C)C)sc21. The van der Waals surface area contributed by atoms with Crippen LogP contribution in [0.3, 0.4) is 0 Å². The zero-order valence-electron chi connectivity index (χ0n) is 12.0. The van der Waals surface area contributed by atoms with Crippen LogP contribution in [0, 0.1) is 0 Å². The predicted octanol–water partition coefficient (Wildman–Crippen LogP) is 3.36. The standard InChI is InChI=1S/C14H25N3S/c1-5-15-11-8-7-9-12-13(11)18-14(16-12)17(6-2)10(3)4/h10-11,15H,5-9H2,1-4H3. The van der Waals surface area contributed by atoms with Gasteiger partial charge in [0.1, 0.15) is 0 Å². The van der Waals surface area contributed by atoms with Gasteiger partial charge in [0.25, 0.3) is 0 Å². The summed E-state index contributed by atoms with van der Waals surface area (Å²) in [5.41, 5.74) is 1.34. The maximum absolute atomic E-state index is 4.88. The molecular weight excluding hydrogens is 242 g/mol. The molecule has 1 aliphatic rings. The lowest BCUT2D eigenvalue weighted by atomic mass is 9.98. The van der Waals surface area contributed by atoms with Crippen LogP contribution in [0.25, 0.3) is 0 Å². The van der Waals surface area contributed by atoms with Crippen molar-refractivity contribution >= 4 is 16.5 Å². The summed E-state index contributed by atoms with van der Waals surface area (Å²) >= 11 is 1.90. The average molecular weight is 267 g/mol. The van der Waals surface area contributed by atoms with Crippen LogP contribution in [0.5, 0.6) is 0 Å². The van der Waals surface area contributed by atoms with Crippen molar-refractivity contribution in [3.05, 3.63) is 10.6 Å². The molecule has 18 heavy (non-hydrogen) atoms. The Hall–Kier alpha value is -0.610. The number of aryl methyl sites for hydroxylation is 1. The first-order chi connectivity index (χ1) is 8.67. The number of thiazole rings is 1. The molecule has 0 radical (unpaired) electrons. The van der Waals surface area contributed by atoms with E-state index in [0.29, 0.717) is 12.1 Å². The second-order valence-electron chi connectivity index (χ2n) is 5.19. The van der Waals surface area contributed by atoms with Crippen LogP contribution >= 0.6 is 11.3 Å². The number of nitrogens with one attached hydrogen (secondary N) is 1. The average Bonchev–Trinajstić information content (AvgIpc) is 2.74. The maximum atomic E-state index is 4.88. The molecule has 0 spiro atoms. The molecule has 0 aliphatic heterocycles. The number of nitrogens with zero attached hydrogens (tertiary/aromatic N) is 2. The summed E-state index contributed by atoms with van der Waals surface area (Å²) in [6.45, 7) is 11.0. The van der Waals surface area contributed by atoms with Crippen LogP contribution in [0.1, 0.15) is 57.1 Å². The molecule has 1 aromatic heterocycles. The fraction of sp³-hybridized carbons (Fsp3) is 0.786. The lowest BCUT2D eigenvalue weighted by Crippen LogP contribution is -2.30. The molecule has 1 aromatic rings. The van der Waals surface area contributed by atoms with Gasteiger partial charge in [-0.05, 0) is 46.6 Å². The summed E-state index contributed by atoms with van der Waals surface area (Å²) in [4.78, 5) is 8.76. The third-order valence-electron chi connectivity index (χ3n) is 3.60. The highest BCUT2D eigenvalue weighted by molar-refractivity contribution is 7.15. The van der Waals surface area contributed by atoms with E-state index in [1.165, 1.54) is 28.5 Å². The van der Waals surface area contributed by atoms with Crippen molar-refractivity contribution < 1.29 is 0 Å². The molecule has 1 heterocycles. The van der Waals surface area contributed by atoms with E-state index < -0.39 is 0 Å². The van der Waals surface area contributed by atoms with Gasteiger partial charge in [0.15, 0.2) is 5.13 Å². The Balaban J connectivity index is 2.26. The van der Waals surface area contributed by atoms with Crippen molar-refractivity contribution in [2.45, 2.75) is 59.0 Å². The monoisotopic (exact) mass is 267 g/mol. The molecular formula is C14H25N3S. The van der Waals surface area contributed by atoms with Gasteiger partial charge in [0, 0.05) is 23.5 Å². The van der Waals surface area contributed by atoms with Crippen molar-refractivity contribution in [3.8, 4) is 0 Å². The number of hydrogen-bond donors (Lipinski definition) is 1. The summed E-state index contributed by atoms with van der Waals surface area (Å²) < 4.78 is 0. The van der Waals surface area contributed by atoms with E-state index >= 15 is 0 Å². The van der Waals surface area contributed by atoms with E-state index in [1.807, 2.05) is 11.3 Å². The smallest absolute Gasteiger partial charge is 0.186 e. The fourth-order valence-corrected chi connectivity index (χ4v) is 4.11. The molecule has 0 saturated carbocycles. The molecule has 1 unspecified atom stereocenters. The van der Waals surface area contributed by atoms with Crippen molar-refractivity contribution in [1.29, 1.82) is 0 Å². The molecule has 2 rings (SSSR count). The topological polar surface area (TPSA) is 28.2 Å². The second-order valence-corrected chi connectivity index (χ2v) is 6.20. The van der Waals surface area contributed by atoms with Crippen LogP contribution in [-0.4, -0.2) is 24.1 Å². The van der Waals surface area contributed by atoms with Crippen molar-refractivity contribution in [2.75, 3.05) is 18.0 Å². The fourth-order valence-electron chi connectivity index (χ4n) is 2.69. The highest BCUT2D eigenvalue weighted by Crippen LogP contribution is 2.37. The second kappa shape index (κ2) is 6.02. The minimum absolute atomic E-state index is 0.528. The predicted molar refractivity (Wildman–Crippen MR) is 79.6 cm³/mol. The first kappa shape index (κ1) is 13.8. The molecule has 1 aliphatic carbocycles. The van der Waals surface area contributed by atoms with Crippen molar-refractivity contribution in [3.63, 3.8) is 0 Å². The molecule has 0 fully saturated rings. The lowest BCUT2D eigenvalue weighted by molar-refractivity contribution is 0.476. The number of anilines is 1. The number of hydrogen-bond acceptors (Lipinski definition) is 4. The maximum Gasteiger partial charge on any atom is 0.186 e. The molecule has 0 saturated heterocycles. The van der Waals surface area contributed by atoms with Gasteiger partial charge in [-0.25, -0.2) is 4.98 Å². The highest BCUT2D eigenvalue weighted by atomic mass is 32.1. The molecule has 1 N–H and O–H groups in total. The Morgan fingerprint density at radius 3 is 2.83 bits per heavy atom. The number of aromatic nitrogens is 1. The van der Waals surface area contributed by atoms with Gasteiger partial charge in [-0.2, -0.15) is 0 Å². The van der Waals surface area contributed by atoms with Gasteiger partial charge in [-0.15, -0.1) is 0 Å². The van der Waals surface area contributed by atoms with Crippen LogP contribution in [0.15, 0.2) is 0 Å². The summed E-state index contributed by atoms with van der Waals surface area (Å²) in [5, 5.41) is 4.80. The van der Waals surface area contributed by atoms with Crippen LogP contribution in [0.2, 0.25) is 0 Å². The molecule has 0 amide bonds. The molecule has 0 bridgehead atoms. The van der Waals surface area contributed by atoms with Gasteiger partial charge in [-0.3, -0.25) is 0 Å². The van der Waals surface area contributed by atoms with Crippen LogP contribution in [-0.2, 0) is 6.42 Å². The zero-order valence-corrected chi connectivity index (χ0v) is 12.8. The molecule has 4 heteroatoms. The van der Waals surface area contributed by atoms with Gasteiger partial charge in [0.2, 0.25) is 0 Å². The van der Waals surface area contributed by atoms with Gasteiger partial charge in [0.05, 0.1) is 5.69 Å². The Kier molecular flexibility index (Phi) is 4.62. The van der Waals surface area contributed by atoms with E-state index in [2.05, 4.69) is 37.9 Å². The van der Waals surface area contributed by atoms with Crippen molar-refractivity contribution in [1.82, 2.24) is 10.3 Å². The summed E-state index contributed by atoms with van der Waals surface area (Å²) in [6, 6.07) is 1.07. The Labute approximate surface area is 115 Å². The minimum atomic E-state index is 0.528. The van der Waals surface area contributed by atoms with Gasteiger partial charge >= 0.3 is 0 Å². The quantitative estimate of drug-likeness (QED) is 0.886. The first-order valence-corrected chi connectivity index (χ1v) is 7.98. The Morgan fingerprint density at radius 1 is 1.44 bits per heavy atom. The zero-order chi connectivity index (χ0) is 13.1. The van der Waals surface area contributed by atoms with Crippen LogP contribution in [0.4, 0.5) is 5.13 Å². The van der Waals surface area contributed by atoms with Gasteiger partial charge < -0.3 is 10.2 Å². The summed E-state index contributed by atoms with van der Waals surface area (Å²) in [7, 11) is 0. The molecule has 102 valence electrons. The van der Waals surface area contributed by atoms with E-state index in [1.54, 1.807) is 0 Å². The van der Waals surface area contributed by atoms with Crippen molar-refractivity contribution in [2.24, 2.45) is 0 Å². The number of rotatable bonds is 5. The number of fused-ring (bicyclic) bond motifs is 1. The Bertz CT molecular complexity index is 386. The summed E-state index contributed by atoms with van der Waals surface area (Å²) in [5.74, 6) is 0. The van der Waals surface area contributed by atoms with Gasteiger partial charge in [-0.1, -0.05) is 18.3 Å². The highest BCUT2D eigenvalue weighted by Gasteiger charge is 2.25. The van der Waals surface area contributed by atoms with E-state index in [0.717, 1.165) is 19.5 Å². The normalized spacial score (nSPS) is 19.1. The van der Waals surface area contributed by atoms with E-state index in [4.69, 9.17) is 4.98 Å². The molecule has 1 atom stereocenters. The third kappa shape index (κ3) is 2.69. The molecule has 0 aromatic carbocycles. The lowest BCUT2D eigenvalue weighted by Gasteiger charge is -2.24. The largest absolute Gasteiger partial charge is 0.346 e. The Morgan fingerprint density at radius 2 is 2.22 bits per heavy atom. The first-order valence-electron chi connectivity index (χ1n) is 7.17. The molecule has 3 nitrogen and oxygen atoms in total. The third-order valence-corrected chi connectivity index (χ3v) is 4.85. The minimum Gasteiger partial charge on any atom is -0.346 e.